The molecule has 0 bridgehead atoms. The van der Waals surface area contributed by atoms with Crippen molar-refractivity contribution in [2.75, 3.05) is 6.54 Å². The molecule has 2 atom stereocenters. The fraction of sp³-hybridized carbons (Fsp3) is 0.688. The molecule has 1 aromatic rings. The lowest BCUT2D eigenvalue weighted by atomic mass is 9.89. The van der Waals surface area contributed by atoms with E-state index in [1.165, 1.54) is 25.1 Å². The number of hydrogen-bond acceptors (Lipinski definition) is 3. The van der Waals surface area contributed by atoms with Gasteiger partial charge in [0.2, 0.25) is 5.88 Å². The zero-order valence-corrected chi connectivity index (χ0v) is 12.5. The normalized spacial score (nSPS) is 22.8. The number of rotatable bonds is 6. The predicted octanol–water partition coefficient (Wildman–Crippen LogP) is 3.68. The second-order valence-electron chi connectivity index (χ2n) is 5.81. The molecule has 1 fully saturated rings. The van der Waals surface area contributed by atoms with Crippen LogP contribution in [-0.2, 0) is 6.54 Å². The van der Waals surface area contributed by atoms with Gasteiger partial charge in [0, 0.05) is 12.1 Å². The molecule has 1 saturated carbocycles. The van der Waals surface area contributed by atoms with Crippen LogP contribution in [0.5, 0.6) is 5.88 Å². The fourth-order valence-electron chi connectivity index (χ4n) is 2.74. The molecule has 3 nitrogen and oxygen atoms in total. The molecule has 0 spiro atoms. The zero-order chi connectivity index (χ0) is 14.4. The van der Waals surface area contributed by atoms with Crippen LogP contribution in [0.15, 0.2) is 12.3 Å². The number of hydrogen-bond donors (Lipinski definition) is 1. The Bertz CT molecular complexity index is 425. The standard InChI is InChI=1S/C16H25FN2O/c1-3-7-18-10-13-9-14(17)11-19-16(13)20-15-6-4-5-12(2)8-15/h9,11-12,15,18H,3-8,10H2,1-2H3. The summed E-state index contributed by atoms with van der Waals surface area (Å²) in [4.78, 5) is 4.14. The molecule has 1 heterocycles. The molecular formula is C16H25FN2O. The third kappa shape index (κ3) is 4.44. The van der Waals surface area contributed by atoms with Gasteiger partial charge in [-0.25, -0.2) is 9.37 Å². The van der Waals surface area contributed by atoms with Crippen molar-refractivity contribution in [3.63, 3.8) is 0 Å². The molecule has 2 rings (SSSR count). The van der Waals surface area contributed by atoms with Crippen LogP contribution in [0, 0.1) is 11.7 Å². The summed E-state index contributed by atoms with van der Waals surface area (Å²) in [6.45, 7) is 5.89. The van der Waals surface area contributed by atoms with Crippen molar-refractivity contribution in [2.45, 2.75) is 58.6 Å². The summed E-state index contributed by atoms with van der Waals surface area (Å²) in [5, 5.41) is 3.28. The maximum Gasteiger partial charge on any atom is 0.218 e. The number of ether oxygens (including phenoxy) is 1. The van der Waals surface area contributed by atoms with E-state index in [0.717, 1.165) is 31.4 Å². The summed E-state index contributed by atoms with van der Waals surface area (Å²) in [7, 11) is 0. The van der Waals surface area contributed by atoms with Crippen molar-refractivity contribution in [3.8, 4) is 5.88 Å². The monoisotopic (exact) mass is 280 g/mol. The second-order valence-corrected chi connectivity index (χ2v) is 5.81. The highest BCUT2D eigenvalue weighted by atomic mass is 19.1. The van der Waals surface area contributed by atoms with E-state index in [-0.39, 0.29) is 11.9 Å². The minimum absolute atomic E-state index is 0.224. The van der Waals surface area contributed by atoms with E-state index < -0.39 is 0 Å². The second kappa shape index (κ2) is 7.58. The van der Waals surface area contributed by atoms with Crippen LogP contribution in [0.2, 0.25) is 0 Å². The van der Waals surface area contributed by atoms with Crippen molar-refractivity contribution >= 4 is 0 Å². The van der Waals surface area contributed by atoms with Crippen LogP contribution < -0.4 is 10.1 Å². The highest BCUT2D eigenvalue weighted by Crippen LogP contribution is 2.28. The molecule has 112 valence electrons. The molecule has 2 unspecified atom stereocenters. The number of nitrogens with zero attached hydrogens (tertiary/aromatic N) is 1. The van der Waals surface area contributed by atoms with Gasteiger partial charge in [-0.15, -0.1) is 0 Å². The first-order valence-corrected chi connectivity index (χ1v) is 7.70. The van der Waals surface area contributed by atoms with Gasteiger partial charge in [0.1, 0.15) is 11.9 Å². The number of aromatic nitrogens is 1. The summed E-state index contributed by atoms with van der Waals surface area (Å²) in [5.41, 5.74) is 0.816. The van der Waals surface area contributed by atoms with Gasteiger partial charge in [-0.2, -0.15) is 0 Å². The highest BCUT2D eigenvalue weighted by Gasteiger charge is 2.21. The minimum atomic E-state index is -0.303. The summed E-state index contributed by atoms with van der Waals surface area (Å²) >= 11 is 0. The summed E-state index contributed by atoms with van der Waals surface area (Å²) in [6, 6.07) is 1.53. The number of pyridine rings is 1. The number of nitrogens with one attached hydrogen (secondary N) is 1. The van der Waals surface area contributed by atoms with Gasteiger partial charge in [0.05, 0.1) is 6.20 Å². The average Bonchev–Trinajstić information content (AvgIpc) is 2.42. The Kier molecular flexibility index (Phi) is 5.77. The molecule has 1 aromatic heterocycles. The predicted molar refractivity (Wildman–Crippen MR) is 78.2 cm³/mol. The lowest BCUT2D eigenvalue weighted by molar-refractivity contribution is 0.122. The van der Waals surface area contributed by atoms with Crippen molar-refractivity contribution < 1.29 is 9.13 Å². The van der Waals surface area contributed by atoms with Crippen LogP contribution in [0.4, 0.5) is 4.39 Å². The quantitative estimate of drug-likeness (QED) is 0.807. The van der Waals surface area contributed by atoms with E-state index in [0.29, 0.717) is 18.3 Å². The summed E-state index contributed by atoms with van der Waals surface area (Å²) in [6.07, 6.45) is 7.15. The zero-order valence-electron chi connectivity index (χ0n) is 12.5. The molecular weight excluding hydrogens is 255 g/mol. The Morgan fingerprint density at radius 2 is 2.30 bits per heavy atom. The minimum Gasteiger partial charge on any atom is -0.474 e. The molecule has 0 aliphatic heterocycles. The first-order chi connectivity index (χ1) is 9.69. The molecule has 0 amide bonds. The Morgan fingerprint density at radius 3 is 3.05 bits per heavy atom. The third-order valence-electron chi connectivity index (χ3n) is 3.80. The topological polar surface area (TPSA) is 34.2 Å². The molecule has 0 radical (unpaired) electrons. The average molecular weight is 280 g/mol. The summed E-state index contributed by atoms with van der Waals surface area (Å²) in [5.74, 6) is 0.993. The molecule has 4 heteroatoms. The van der Waals surface area contributed by atoms with Crippen molar-refractivity contribution in [1.29, 1.82) is 0 Å². The van der Waals surface area contributed by atoms with Crippen LogP contribution >= 0.6 is 0 Å². The Balaban J connectivity index is 2.01. The van der Waals surface area contributed by atoms with Gasteiger partial charge in [-0.3, -0.25) is 0 Å². The molecule has 1 N–H and O–H groups in total. The largest absolute Gasteiger partial charge is 0.474 e. The first kappa shape index (κ1) is 15.2. The van der Waals surface area contributed by atoms with Gasteiger partial charge < -0.3 is 10.1 Å². The lowest BCUT2D eigenvalue weighted by Crippen LogP contribution is -2.25. The van der Waals surface area contributed by atoms with E-state index in [9.17, 15) is 4.39 Å². The van der Waals surface area contributed by atoms with Crippen LogP contribution in [0.25, 0.3) is 0 Å². The molecule has 0 aromatic carbocycles. The van der Waals surface area contributed by atoms with Crippen LogP contribution in [-0.4, -0.2) is 17.6 Å². The highest BCUT2D eigenvalue weighted by molar-refractivity contribution is 5.26. The van der Waals surface area contributed by atoms with Gasteiger partial charge in [0.25, 0.3) is 0 Å². The Labute approximate surface area is 120 Å². The van der Waals surface area contributed by atoms with Crippen molar-refractivity contribution in [1.82, 2.24) is 10.3 Å². The van der Waals surface area contributed by atoms with Crippen molar-refractivity contribution in [3.05, 3.63) is 23.6 Å². The number of halogens is 1. The van der Waals surface area contributed by atoms with Gasteiger partial charge in [-0.1, -0.05) is 20.3 Å². The maximum atomic E-state index is 13.4. The molecule has 20 heavy (non-hydrogen) atoms. The van der Waals surface area contributed by atoms with E-state index >= 15 is 0 Å². The summed E-state index contributed by atoms with van der Waals surface area (Å²) < 4.78 is 19.4. The van der Waals surface area contributed by atoms with Crippen molar-refractivity contribution in [2.24, 2.45) is 5.92 Å². The molecule has 1 aliphatic rings. The molecule has 0 saturated heterocycles. The smallest absolute Gasteiger partial charge is 0.218 e. The maximum absolute atomic E-state index is 13.4. The van der Waals surface area contributed by atoms with Crippen LogP contribution in [0.3, 0.4) is 0 Å². The van der Waals surface area contributed by atoms with Gasteiger partial charge in [0.15, 0.2) is 0 Å². The van der Waals surface area contributed by atoms with Gasteiger partial charge in [-0.05, 0) is 44.2 Å². The fourth-order valence-corrected chi connectivity index (χ4v) is 2.74. The Morgan fingerprint density at radius 1 is 1.45 bits per heavy atom. The van der Waals surface area contributed by atoms with E-state index in [2.05, 4.69) is 24.1 Å². The first-order valence-electron chi connectivity index (χ1n) is 7.70. The van der Waals surface area contributed by atoms with Gasteiger partial charge >= 0.3 is 0 Å². The van der Waals surface area contributed by atoms with E-state index in [1.807, 2.05) is 0 Å². The molecule has 1 aliphatic carbocycles. The van der Waals surface area contributed by atoms with E-state index in [4.69, 9.17) is 4.74 Å². The third-order valence-corrected chi connectivity index (χ3v) is 3.80. The van der Waals surface area contributed by atoms with E-state index in [1.54, 1.807) is 0 Å². The lowest BCUT2D eigenvalue weighted by Gasteiger charge is -2.27. The van der Waals surface area contributed by atoms with Crippen LogP contribution in [0.1, 0.15) is 51.5 Å². The Hall–Kier alpha value is -1.16. The SMILES string of the molecule is CCCNCc1cc(F)cnc1OC1CCCC(C)C1.